The quantitative estimate of drug-likeness (QED) is 0.0468. The van der Waals surface area contributed by atoms with Crippen molar-refractivity contribution in [1.29, 1.82) is 0 Å². The lowest BCUT2D eigenvalue weighted by atomic mass is 10.1. The Hall–Kier alpha value is -3.36. The van der Waals surface area contributed by atoms with Crippen LogP contribution in [0.15, 0.2) is 60.7 Å². The van der Waals surface area contributed by atoms with E-state index in [1.165, 1.54) is 25.3 Å². The second kappa shape index (κ2) is 28.4. The van der Waals surface area contributed by atoms with Crippen LogP contribution in [-0.4, -0.2) is 59.1 Å². The topological polar surface area (TPSA) is 95.1 Å². The third-order valence-corrected chi connectivity index (χ3v) is 6.62. The van der Waals surface area contributed by atoms with E-state index in [1.807, 2.05) is 6.07 Å². The summed E-state index contributed by atoms with van der Waals surface area (Å²) in [5.41, 5.74) is 0.815. The van der Waals surface area contributed by atoms with E-state index >= 15 is 0 Å². The summed E-state index contributed by atoms with van der Waals surface area (Å²) in [5.74, 6) is 1.06. The summed E-state index contributed by atoms with van der Waals surface area (Å²) in [6, 6.07) is 5.41. The highest BCUT2D eigenvalue weighted by Crippen LogP contribution is 2.28. The Morgan fingerprint density at radius 3 is 2.23 bits per heavy atom. The van der Waals surface area contributed by atoms with Gasteiger partial charge in [0.15, 0.2) is 18.3 Å². The Kier molecular flexibility index (Phi) is 25.0. The van der Waals surface area contributed by atoms with Gasteiger partial charge in [-0.25, -0.2) is 0 Å². The van der Waals surface area contributed by atoms with E-state index in [1.54, 1.807) is 32.4 Å². The van der Waals surface area contributed by atoms with Crippen LogP contribution in [0.1, 0.15) is 89.5 Å². The molecule has 2 amide bonds. The molecule has 0 heterocycles. The molecule has 2 N–H and O–H groups in total. The summed E-state index contributed by atoms with van der Waals surface area (Å²) < 4.78 is 21.2. The fraction of sp³-hybridized carbons (Fsp3) is 0.556. The number of benzene rings is 1. The van der Waals surface area contributed by atoms with Gasteiger partial charge in [-0.15, -0.1) is 0 Å². The van der Waals surface area contributed by atoms with Crippen molar-refractivity contribution in [2.24, 2.45) is 0 Å². The van der Waals surface area contributed by atoms with Crippen LogP contribution >= 0.6 is 0 Å². The zero-order valence-corrected chi connectivity index (χ0v) is 27.3. The van der Waals surface area contributed by atoms with E-state index in [9.17, 15) is 9.59 Å². The second-order valence-corrected chi connectivity index (χ2v) is 10.4. The van der Waals surface area contributed by atoms with Crippen molar-refractivity contribution in [3.63, 3.8) is 0 Å². The molecule has 0 radical (unpaired) electrons. The molecule has 0 aliphatic carbocycles. The smallest absolute Gasteiger partial charge is 0.243 e. The van der Waals surface area contributed by atoms with E-state index in [-0.39, 0.29) is 18.6 Å². The van der Waals surface area contributed by atoms with E-state index < -0.39 is 0 Å². The maximum Gasteiger partial charge on any atom is 0.243 e. The van der Waals surface area contributed by atoms with Crippen LogP contribution < -0.4 is 20.1 Å². The molecule has 0 unspecified atom stereocenters. The molecule has 0 aromatic heterocycles. The first kappa shape index (κ1) is 38.7. The van der Waals surface area contributed by atoms with Crippen molar-refractivity contribution in [2.75, 3.05) is 47.3 Å². The molecule has 8 heteroatoms. The van der Waals surface area contributed by atoms with Crippen molar-refractivity contribution in [2.45, 2.75) is 84.0 Å². The highest BCUT2D eigenvalue weighted by atomic mass is 16.7. The van der Waals surface area contributed by atoms with E-state index in [2.05, 4.69) is 54.0 Å². The number of carbonyl (C=O) groups is 2. The van der Waals surface area contributed by atoms with E-state index in [4.69, 9.17) is 18.9 Å². The van der Waals surface area contributed by atoms with Crippen molar-refractivity contribution in [3.05, 3.63) is 66.3 Å². The summed E-state index contributed by atoms with van der Waals surface area (Å²) in [7, 11) is 3.17. The maximum absolute atomic E-state index is 12.2. The molecule has 0 spiro atoms. The Labute approximate surface area is 265 Å². The number of methoxy groups -OCH3 is 2. The molecule has 1 aromatic carbocycles. The normalized spacial score (nSPS) is 11.7. The highest BCUT2D eigenvalue weighted by Gasteiger charge is 2.06. The van der Waals surface area contributed by atoms with Gasteiger partial charge in [0, 0.05) is 32.7 Å². The van der Waals surface area contributed by atoms with E-state index in [0.717, 1.165) is 56.9 Å². The van der Waals surface area contributed by atoms with Crippen LogP contribution in [0.5, 0.6) is 11.5 Å². The lowest BCUT2D eigenvalue weighted by molar-refractivity contribution is -0.121. The Morgan fingerprint density at radius 2 is 1.48 bits per heavy atom. The number of nitrogens with one attached hydrogen (secondary N) is 2. The van der Waals surface area contributed by atoms with Crippen molar-refractivity contribution in [3.8, 4) is 11.5 Å². The van der Waals surface area contributed by atoms with Crippen molar-refractivity contribution in [1.82, 2.24) is 10.6 Å². The SMILES string of the molecule is CCC=CCC=CCC=CCCCCCCCC(=O)NCCCCNC(=O)C=Cc1ccc(OCOCCOC)c(OC)c1. The number of allylic oxidation sites excluding steroid dienone is 6. The van der Waals surface area contributed by atoms with Crippen molar-refractivity contribution < 1.29 is 28.5 Å². The van der Waals surface area contributed by atoms with Crippen molar-refractivity contribution >= 4 is 17.9 Å². The monoisotopic (exact) mass is 612 g/mol. The number of unbranched alkanes of at least 4 members (excludes halogenated alkanes) is 6. The minimum Gasteiger partial charge on any atom is -0.493 e. The van der Waals surface area contributed by atoms with Gasteiger partial charge in [0.05, 0.1) is 20.3 Å². The maximum atomic E-state index is 12.2. The third kappa shape index (κ3) is 22.2. The first-order valence-corrected chi connectivity index (χ1v) is 16.2. The average molecular weight is 613 g/mol. The minimum atomic E-state index is -0.168. The fourth-order valence-corrected chi connectivity index (χ4v) is 4.13. The van der Waals surface area contributed by atoms with Crippen LogP contribution in [0.25, 0.3) is 6.08 Å². The number of carbonyl (C=O) groups excluding carboxylic acids is 2. The molecule has 0 saturated carbocycles. The van der Waals surface area contributed by atoms with Crippen LogP contribution in [0.3, 0.4) is 0 Å². The zero-order chi connectivity index (χ0) is 31.9. The molecule has 44 heavy (non-hydrogen) atoms. The van der Waals surface area contributed by atoms with Gasteiger partial charge >= 0.3 is 0 Å². The highest BCUT2D eigenvalue weighted by molar-refractivity contribution is 5.91. The van der Waals surface area contributed by atoms with Gasteiger partial charge in [-0.3, -0.25) is 9.59 Å². The first-order valence-electron chi connectivity index (χ1n) is 16.2. The Balaban J connectivity index is 2.03. The Morgan fingerprint density at radius 1 is 0.773 bits per heavy atom. The Bertz CT molecular complexity index is 1000. The van der Waals surface area contributed by atoms with Crippen LogP contribution in [0.4, 0.5) is 0 Å². The molecule has 1 rings (SSSR count). The predicted molar refractivity (Wildman–Crippen MR) is 180 cm³/mol. The van der Waals surface area contributed by atoms with Crippen LogP contribution in [-0.2, 0) is 19.1 Å². The molecular formula is C36H56N2O6. The molecule has 0 bridgehead atoms. The number of amides is 2. The van der Waals surface area contributed by atoms with E-state index in [0.29, 0.717) is 44.2 Å². The van der Waals surface area contributed by atoms with Gasteiger partial charge in [0.2, 0.25) is 11.8 Å². The molecule has 0 aliphatic heterocycles. The summed E-state index contributed by atoms with van der Waals surface area (Å²) in [6.45, 7) is 4.38. The molecule has 0 saturated heterocycles. The molecule has 0 aliphatic rings. The summed E-state index contributed by atoms with van der Waals surface area (Å²) in [4.78, 5) is 24.2. The molecule has 246 valence electrons. The summed E-state index contributed by atoms with van der Waals surface area (Å²) >= 11 is 0. The minimum absolute atomic E-state index is 0.0937. The van der Waals surface area contributed by atoms with Gasteiger partial charge in [0.25, 0.3) is 0 Å². The average Bonchev–Trinajstić information content (AvgIpc) is 3.03. The predicted octanol–water partition coefficient (Wildman–Crippen LogP) is 7.31. The number of rotatable bonds is 27. The largest absolute Gasteiger partial charge is 0.493 e. The summed E-state index contributed by atoms with van der Waals surface area (Å²) in [5, 5.41) is 5.86. The second-order valence-electron chi connectivity index (χ2n) is 10.4. The standard InChI is InChI=1S/C36H56N2O6/c1-4-5-6-7-8-9-10-11-12-13-14-15-16-17-18-21-35(39)37-26-19-20-27-38-36(40)25-23-32-22-24-33(34(30-32)42-3)44-31-43-29-28-41-2/h5-6,8-9,11-12,22-25,30H,4,7,10,13-21,26-29,31H2,1-3H3,(H,37,39)(H,38,40). The number of ether oxygens (including phenoxy) is 4. The van der Waals surface area contributed by atoms with Gasteiger partial charge < -0.3 is 29.6 Å². The number of hydrogen-bond donors (Lipinski definition) is 2. The lowest BCUT2D eigenvalue weighted by Crippen LogP contribution is -2.26. The van der Waals surface area contributed by atoms with Gasteiger partial charge in [-0.2, -0.15) is 0 Å². The zero-order valence-electron chi connectivity index (χ0n) is 27.3. The molecule has 0 fully saturated rings. The molecule has 0 atom stereocenters. The molecular weight excluding hydrogens is 556 g/mol. The number of hydrogen-bond acceptors (Lipinski definition) is 6. The van der Waals surface area contributed by atoms with Gasteiger partial charge in [-0.05, 0) is 75.1 Å². The summed E-state index contributed by atoms with van der Waals surface area (Å²) in [6.07, 6.45) is 28.7. The van der Waals surface area contributed by atoms with Crippen LogP contribution in [0.2, 0.25) is 0 Å². The lowest BCUT2D eigenvalue weighted by Gasteiger charge is -2.11. The van der Waals surface area contributed by atoms with Gasteiger partial charge in [-0.1, -0.05) is 68.7 Å². The third-order valence-electron chi connectivity index (χ3n) is 6.62. The van der Waals surface area contributed by atoms with Crippen LogP contribution in [0, 0.1) is 0 Å². The van der Waals surface area contributed by atoms with Gasteiger partial charge in [0.1, 0.15) is 0 Å². The first-order chi connectivity index (χ1) is 21.6. The fourth-order valence-electron chi connectivity index (χ4n) is 4.13. The molecule has 1 aromatic rings. The molecule has 8 nitrogen and oxygen atoms in total.